The van der Waals surface area contributed by atoms with Crippen LogP contribution in [0.25, 0.3) is 0 Å². The van der Waals surface area contributed by atoms with Crippen molar-refractivity contribution in [2.24, 2.45) is 0 Å². The van der Waals surface area contributed by atoms with Gasteiger partial charge in [-0.25, -0.2) is 0 Å². The summed E-state index contributed by atoms with van der Waals surface area (Å²) in [6.45, 7) is 1.20. The van der Waals surface area contributed by atoms with Gasteiger partial charge in [-0.1, -0.05) is 6.07 Å². The zero-order chi connectivity index (χ0) is 10.6. The molecule has 0 spiro atoms. The van der Waals surface area contributed by atoms with Gasteiger partial charge in [-0.05, 0) is 13.1 Å². The Morgan fingerprint density at radius 2 is 2.00 bits per heavy atom. The van der Waals surface area contributed by atoms with E-state index in [-0.39, 0.29) is 18.1 Å². The van der Waals surface area contributed by atoms with Crippen LogP contribution >= 0.6 is 0 Å². The molecule has 0 saturated carbocycles. The molecule has 0 amide bonds. The number of phenolic OH excluding ortho intramolecular Hbond substituents is 2. The van der Waals surface area contributed by atoms with Crippen molar-refractivity contribution >= 4 is 0 Å². The summed E-state index contributed by atoms with van der Waals surface area (Å²) in [5.41, 5.74) is 0.735. The lowest BCUT2D eigenvalue weighted by molar-refractivity contribution is 0.216. The Balaban J connectivity index is 2.67. The lowest BCUT2D eigenvalue weighted by Crippen LogP contribution is -2.21. The predicted octanol–water partition coefficient (Wildman–Crippen LogP) is 0.522. The SMILES string of the molecule is CN(CCO)Cc1ccc(O)cc1O. The van der Waals surface area contributed by atoms with Crippen molar-refractivity contribution in [3.8, 4) is 11.5 Å². The van der Waals surface area contributed by atoms with Crippen LogP contribution in [-0.4, -0.2) is 40.4 Å². The summed E-state index contributed by atoms with van der Waals surface area (Å²) in [4.78, 5) is 1.88. The minimum absolute atomic E-state index is 0.0519. The highest BCUT2D eigenvalue weighted by atomic mass is 16.3. The van der Waals surface area contributed by atoms with Crippen LogP contribution in [0.4, 0.5) is 0 Å². The third-order valence-electron chi connectivity index (χ3n) is 1.99. The molecule has 1 rings (SSSR count). The fourth-order valence-electron chi connectivity index (χ4n) is 1.23. The summed E-state index contributed by atoms with van der Waals surface area (Å²) in [6.07, 6.45) is 0. The van der Waals surface area contributed by atoms with Crippen LogP contribution in [0.2, 0.25) is 0 Å². The number of aliphatic hydroxyl groups excluding tert-OH is 1. The van der Waals surface area contributed by atoms with Crippen molar-refractivity contribution in [1.29, 1.82) is 0 Å². The number of rotatable bonds is 4. The minimum Gasteiger partial charge on any atom is -0.508 e. The lowest BCUT2D eigenvalue weighted by Gasteiger charge is -2.15. The standard InChI is InChI=1S/C10H15NO3/c1-11(4-5-12)7-8-2-3-9(13)6-10(8)14/h2-3,6,12-14H,4-5,7H2,1H3. The number of likely N-dealkylation sites (N-methyl/N-ethyl adjacent to an activating group) is 1. The molecule has 78 valence electrons. The molecule has 1 aromatic rings. The van der Waals surface area contributed by atoms with Crippen molar-refractivity contribution in [3.05, 3.63) is 23.8 Å². The molecular formula is C10H15NO3. The van der Waals surface area contributed by atoms with Crippen LogP contribution in [0.1, 0.15) is 5.56 Å². The molecule has 0 aliphatic heterocycles. The second kappa shape index (κ2) is 4.83. The highest BCUT2D eigenvalue weighted by Crippen LogP contribution is 2.23. The molecule has 0 heterocycles. The van der Waals surface area contributed by atoms with E-state index >= 15 is 0 Å². The first-order valence-corrected chi connectivity index (χ1v) is 4.43. The molecule has 14 heavy (non-hydrogen) atoms. The van der Waals surface area contributed by atoms with Gasteiger partial charge >= 0.3 is 0 Å². The lowest BCUT2D eigenvalue weighted by atomic mass is 10.2. The fraction of sp³-hybridized carbons (Fsp3) is 0.400. The normalized spacial score (nSPS) is 10.8. The third kappa shape index (κ3) is 2.90. The molecule has 0 fully saturated rings. The van der Waals surface area contributed by atoms with E-state index in [2.05, 4.69) is 0 Å². The quantitative estimate of drug-likeness (QED) is 0.658. The summed E-state index contributed by atoms with van der Waals surface area (Å²) in [6, 6.07) is 4.50. The molecule has 1 aromatic carbocycles. The minimum atomic E-state index is 0.0519. The number of hydrogen-bond donors (Lipinski definition) is 3. The fourth-order valence-corrected chi connectivity index (χ4v) is 1.23. The molecule has 4 heteroatoms. The Morgan fingerprint density at radius 1 is 1.29 bits per heavy atom. The van der Waals surface area contributed by atoms with Crippen LogP contribution in [0.3, 0.4) is 0 Å². The van der Waals surface area contributed by atoms with Gasteiger partial charge in [0.25, 0.3) is 0 Å². The number of nitrogens with zero attached hydrogens (tertiary/aromatic N) is 1. The van der Waals surface area contributed by atoms with Crippen molar-refractivity contribution in [1.82, 2.24) is 4.90 Å². The molecule has 0 atom stereocenters. The summed E-state index contributed by atoms with van der Waals surface area (Å²) in [7, 11) is 1.85. The number of phenols is 2. The second-order valence-corrected chi connectivity index (χ2v) is 3.27. The highest BCUT2D eigenvalue weighted by Gasteiger charge is 2.05. The maximum atomic E-state index is 9.46. The van der Waals surface area contributed by atoms with Gasteiger partial charge in [0, 0.05) is 24.7 Å². The van der Waals surface area contributed by atoms with Gasteiger partial charge in [0.15, 0.2) is 0 Å². The van der Waals surface area contributed by atoms with E-state index in [1.165, 1.54) is 12.1 Å². The monoisotopic (exact) mass is 197 g/mol. The van der Waals surface area contributed by atoms with Crippen LogP contribution in [0, 0.1) is 0 Å². The molecule has 0 aromatic heterocycles. The van der Waals surface area contributed by atoms with Gasteiger partial charge in [-0.15, -0.1) is 0 Å². The van der Waals surface area contributed by atoms with Gasteiger partial charge in [-0.3, -0.25) is 4.90 Å². The van der Waals surface area contributed by atoms with Crippen molar-refractivity contribution in [2.75, 3.05) is 20.2 Å². The van der Waals surface area contributed by atoms with E-state index in [0.717, 1.165) is 5.56 Å². The van der Waals surface area contributed by atoms with Gasteiger partial charge in [-0.2, -0.15) is 0 Å². The first kappa shape index (κ1) is 10.8. The average molecular weight is 197 g/mol. The number of aromatic hydroxyl groups is 2. The summed E-state index contributed by atoms with van der Waals surface area (Å²) >= 11 is 0. The molecule has 0 radical (unpaired) electrons. The Kier molecular flexibility index (Phi) is 3.73. The topological polar surface area (TPSA) is 63.9 Å². The van der Waals surface area contributed by atoms with Crippen molar-refractivity contribution in [3.63, 3.8) is 0 Å². The molecule has 3 N–H and O–H groups in total. The van der Waals surface area contributed by atoms with Crippen LogP contribution < -0.4 is 0 Å². The van der Waals surface area contributed by atoms with Gasteiger partial charge in [0.05, 0.1) is 6.61 Å². The van der Waals surface area contributed by atoms with Crippen LogP contribution in [0.15, 0.2) is 18.2 Å². The highest BCUT2D eigenvalue weighted by molar-refractivity contribution is 5.38. The average Bonchev–Trinajstić information content (AvgIpc) is 2.10. The molecular weight excluding hydrogens is 182 g/mol. The molecule has 4 nitrogen and oxygen atoms in total. The Bertz CT molecular complexity index is 301. The molecule has 0 aliphatic carbocycles. The first-order chi connectivity index (χ1) is 6.63. The van der Waals surface area contributed by atoms with E-state index in [1.807, 2.05) is 11.9 Å². The summed E-state index contributed by atoms with van der Waals surface area (Å²) in [5, 5.41) is 27.2. The van der Waals surface area contributed by atoms with Crippen molar-refractivity contribution in [2.45, 2.75) is 6.54 Å². The van der Waals surface area contributed by atoms with E-state index in [4.69, 9.17) is 10.2 Å². The number of hydrogen-bond acceptors (Lipinski definition) is 4. The van der Waals surface area contributed by atoms with Crippen molar-refractivity contribution < 1.29 is 15.3 Å². The van der Waals surface area contributed by atoms with E-state index in [0.29, 0.717) is 13.1 Å². The largest absolute Gasteiger partial charge is 0.508 e. The predicted molar refractivity (Wildman–Crippen MR) is 53.2 cm³/mol. The van der Waals surface area contributed by atoms with Gasteiger partial charge in [0.2, 0.25) is 0 Å². The zero-order valence-electron chi connectivity index (χ0n) is 8.14. The Morgan fingerprint density at radius 3 is 2.57 bits per heavy atom. The Labute approximate surface area is 83.0 Å². The summed E-state index contributed by atoms with van der Waals surface area (Å²) in [5.74, 6) is 0.130. The smallest absolute Gasteiger partial charge is 0.123 e. The zero-order valence-corrected chi connectivity index (χ0v) is 8.14. The second-order valence-electron chi connectivity index (χ2n) is 3.27. The van der Waals surface area contributed by atoms with Crippen LogP contribution in [-0.2, 0) is 6.54 Å². The molecule has 0 saturated heterocycles. The van der Waals surface area contributed by atoms with E-state index < -0.39 is 0 Å². The van der Waals surface area contributed by atoms with Gasteiger partial charge < -0.3 is 15.3 Å². The summed E-state index contributed by atoms with van der Waals surface area (Å²) < 4.78 is 0. The van der Waals surface area contributed by atoms with E-state index in [1.54, 1.807) is 6.07 Å². The maximum Gasteiger partial charge on any atom is 0.123 e. The first-order valence-electron chi connectivity index (χ1n) is 4.43. The van der Waals surface area contributed by atoms with E-state index in [9.17, 15) is 5.11 Å². The molecule has 0 unspecified atom stereocenters. The molecule has 0 bridgehead atoms. The third-order valence-corrected chi connectivity index (χ3v) is 1.99. The number of benzene rings is 1. The van der Waals surface area contributed by atoms with Gasteiger partial charge in [0.1, 0.15) is 11.5 Å². The van der Waals surface area contributed by atoms with Crippen LogP contribution in [0.5, 0.6) is 11.5 Å². The maximum absolute atomic E-state index is 9.46. The number of aliphatic hydroxyl groups is 1. The molecule has 0 aliphatic rings. The Hall–Kier alpha value is -1.26.